The highest BCUT2D eigenvalue weighted by atomic mass is 16.5. The maximum atomic E-state index is 11.9. The van der Waals surface area contributed by atoms with Crippen LogP contribution in [-0.4, -0.2) is 54.6 Å². The minimum absolute atomic E-state index is 0.00322. The van der Waals surface area contributed by atoms with Crippen LogP contribution in [0, 0.1) is 0 Å². The molecule has 0 spiro atoms. The van der Waals surface area contributed by atoms with E-state index in [9.17, 15) is 14.4 Å². The minimum atomic E-state index is -0.813. The van der Waals surface area contributed by atoms with Crippen molar-refractivity contribution in [2.24, 2.45) is 5.10 Å². The van der Waals surface area contributed by atoms with Crippen molar-refractivity contribution in [3.63, 3.8) is 0 Å². The predicted molar refractivity (Wildman–Crippen MR) is 101 cm³/mol. The number of carbonyl (C=O) groups excluding carboxylic acids is 3. The van der Waals surface area contributed by atoms with Gasteiger partial charge in [0.25, 0.3) is 5.91 Å². The Morgan fingerprint density at radius 3 is 2.48 bits per heavy atom. The molecule has 0 aliphatic carbocycles. The molecule has 1 atom stereocenters. The number of hydrazone groups is 1. The van der Waals surface area contributed by atoms with Gasteiger partial charge in [0.15, 0.2) is 6.61 Å². The molecular weight excluding hydrogens is 348 g/mol. The van der Waals surface area contributed by atoms with Crippen LogP contribution in [-0.2, 0) is 14.4 Å². The molecule has 1 aromatic carbocycles. The fourth-order valence-electron chi connectivity index (χ4n) is 2.46. The van der Waals surface area contributed by atoms with Gasteiger partial charge in [0.05, 0.1) is 6.21 Å². The molecule has 27 heavy (non-hydrogen) atoms. The molecule has 1 aliphatic heterocycles. The lowest BCUT2D eigenvalue weighted by Gasteiger charge is -2.15. The average molecular weight is 374 g/mol. The molecule has 8 nitrogen and oxygen atoms in total. The van der Waals surface area contributed by atoms with E-state index >= 15 is 0 Å². The normalized spacial score (nSPS) is 14.8. The highest BCUT2D eigenvalue weighted by molar-refractivity contribution is 6.35. The lowest BCUT2D eigenvalue weighted by molar-refractivity contribution is -0.139. The molecule has 3 amide bonds. The average Bonchev–Trinajstić information content (AvgIpc) is 3.21. The standard InChI is InChI=1S/C19H26N4O4/c1-3-14(2)21-18(25)19(26)22-20-12-15-6-8-16(9-7-15)27-13-17(24)23-10-4-5-11-23/h6-9,12,14H,3-5,10-11,13H2,1-2H3,(H,21,25)(H,22,26)/b20-12-/t14-/m1/s1. The van der Waals surface area contributed by atoms with Gasteiger partial charge in [0.1, 0.15) is 5.75 Å². The molecule has 0 aromatic heterocycles. The molecule has 2 N–H and O–H groups in total. The van der Waals surface area contributed by atoms with Crippen LogP contribution < -0.4 is 15.5 Å². The Hall–Kier alpha value is -2.90. The van der Waals surface area contributed by atoms with E-state index in [1.165, 1.54) is 6.21 Å². The van der Waals surface area contributed by atoms with E-state index in [1.807, 2.05) is 13.8 Å². The number of hydrogen-bond donors (Lipinski definition) is 2. The highest BCUT2D eigenvalue weighted by Gasteiger charge is 2.18. The third-order valence-corrected chi connectivity index (χ3v) is 4.28. The number of nitrogens with zero attached hydrogens (tertiary/aromatic N) is 2. The van der Waals surface area contributed by atoms with E-state index in [4.69, 9.17) is 4.74 Å². The van der Waals surface area contributed by atoms with Gasteiger partial charge in [-0.15, -0.1) is 0 Å². The molecule has 0 radical (unpaired) electrons. The molecule has 2 rings (SSSR count). The molecule has 1 aliphatic rings. The van der Waals surface area contributed by atoms with Crippen LogP contribution in [0.2, 0.25) is 0 Å². The van der Waals surface area contributed by atoms with Crippen molar-refractivity contribution in [1.29, 1.82) is 0 Å². The van der Waals surface area contributed by atoms with Crippen LogP contribution in [0.4, 0.5) is 0 Å². The zero-order valence-corrected chi connectivity index (χ0v) is 15.7. The van der Waals surface area contributed by atoms with Gasteiger partial charge in [0.2, 0.25) is 0 Å². The van der Waals surface area contributed by atoms with E-state index < -0.39 is 11.8 Å². The third-order valence-electron chi connectivity index (χ3n) is 4.28. The van der Waals surface area contributed by atoms with Crippen molar-refractivity contribution in [1.82, 2.24) is 15.6 Å². The monoisotopic (exact) mass is 374 g/mol. The summed E-state index contributed by atoms with van der Waals surface area (Å²) in [5.74, 6) is -0.951. The summed E-state index contributed by atoms with van der Waals surface area (Å²) >= 11 is 0. The molecule has 146 valence electrons. The van der Waals surface area contributed by atoms with Gasteiger partial charge in [-0.2, -0.15) is 5.10 Å². The van der Waals surface area contributed by atoms with Crippen LogP contribution in [0.5, 0.6) is 5.75 Å². The van der Waals surface area contributed by atoms with Gasteiger partial charge in [-0.25, -0.2) is 5.43 Å². The summed E-state index contributed by atoms with van der Waals surface area (Å²) in [4.78, 5) is 36.9. The summed E-state index contributed by atoms with van der Waals surface area (Å²) in [6.45, 7) is 5.36. The van der Waals surface area contributed by atoms with Gasteiger partial charge >= 0.3 is 11.8 Å². The zero-order valence-electron chi connectivity index (χ0n) is 15.7. The Bertz CT molecular complexity index is 681. The lowest BCUT2D eigenvalue weighted by atomic mass is 10.2. The fraction of sp³-hybridized carbons (Fsp3) is 0.474. The van der Waals surface area contributed by atoms with Crippen LogP contribution in [0.3, 0.4) is 0 Å². The lowest BCUT2D eigenvalue weighted by Crippen LogP contribution is -2.41. The summed E-state index contributed by atoms with van der Waals surface area (Å²) in [5, 5.41) is 6.32. The number of hydrogen-bond acceptors (Lipinski definition) is 5. The first-order valence-corrected chi connectivity index (χ1v) is 9.14. The molecule has 1 saturated heterocycles. The molecule has 8 heteroatoms. The fourth-order valence-corrected chi connectivity index (χ4v) is 2.46. The second-order valence-electron chi connectivity index (χ2n) is 6.43. The van der Waals surface area contributed by atoms with Crippen LogP contribution in [0.15, 0.2) is 29.4 Å². The van der Waals surface area contributed by atoms with Gasteiger partial charge in [-0.05, 0) is 56.0 Å². The maximum absolute atomic E-state index is 11.9. The second-order valence-corrected chi connectivity index (χ2v) is 6.43. The second kappa shape index (κ2) is 10.3. The smallest absolute Gasteiger partial charge is 0.329 e. The van der Waals surface area contributed by atoms with Crippen molar-refractivity contribution >= 4 is 23.9 Å². The number of rotatable bonds is 7. The number of benzene rings is 1. The van der Waals surface area contributed by atoms with Crippen LogP contribution in [0.1, 0.15) is 38.7 Å². The van der Waals surface area contributed by atoms with E-state index in [-0.39, 0.29) is 18.6 Å². The van der Waals surface area contributed by atoms with Crippen molar-refractivity contribution in [2.75, 3.05) is 19.7 Å². The summed E-state index contributed by atoms with van der Waals surface area (Å²) in [6.07, 6.45) is 4.26. The van der Waals surface area contributed by atoms with Crippen molar-refractivity contribution in [3.05, 3.63) is 29.8 Å². The minimum Gasteiger partial charge on any atom is -0.484 e. The van der Waals surface area contributed by atoms with E-state index in [0.717, 1.165) is 37.9 Å². The Balaban J connectivity index is 1.75. The number of amides is 3. The van der Waals surface area contributed by atoms with Crippen molar-refractivity contribution in [3.8, 4) is 5.75 Å². The third kappa shape index (κ3) is 6.73. The Kier molecular flexibility index (Phi) is 7.79. The molecule has 0 bridgehead atoms. The SMILES string of the molecule is CC[C@@H](C)NC(=O)C(=O)N/N=C\c1ccc(OCC(=O)N2CCCC2)cc1. The molecule has 1 aromatic rings. The number of ether oxygens (including phenoxy) is 1. The first-order chi connectivity index (χ1) is 13.0. The number of nitrogens with one attached hydrogen (secondary N) is 2. The molecule has 1 heterocycles. The largest absolute Gasteiger partial charge is 0.484 e. The topological polar surface area (TPSA) is 100 Å². The van der Waals surface area contributed by atoms with E-state index in [0.29, 0.717) is 5.75 Å². The van der Waals surface area contributed by atoms with Crippen molar-refractivity contribution in [2.45, 2.75) is 39.2 Å². The van der Waals surface area contributed by atoms with Crippen molar-refractivity contribution < 1.29 is 19.1 Å². The number of likely N-dealkylation sites (tertiary alicyclic amines) is 1. The van der Waals surface area contributed by atoms with Crippen LogP contribution in [0.25, 0.3) is 0 Å². The van der Waals surface area contributed by atoms with Crippen LogP contribution >= 0.6 is 0 Å². The summed E-state index contributed by atoms with van der Waals surface area (Å²) in [6, 6.07) is 6.85. The van der Waals surface area contributed by atoms with Gasteiger partial charge in [-0.1, -0.05) is 6.92 Å². The molecule has 0 unspecified atom stereocenters. The Morgan fingerprint density at radius 2 is 1.85 bits per heavy atom. The van der Waals surface area contributed by atoms with Gasteiger partial charge in [-0.3, -0.25) is 14.4 Å². The zero-order chi connectivity index (χ0) is 19.6. The maximum Gasteiger partial charge on any atom is 0.329 e. The Morgan fingerprint density at radius 1 is 1.19 bits per heavy atom. The van der Waals surface area contributed by atoms with Gasteiger partial charge in [0, 0.05) is 19.1 Å². The van der Waals surface area contributed by atoms with Gasteiger partial charge < -0.3 is 15.0 Å². The van der Waals surface area contributed by atoms with E-state index in [1.54, 1.807) is 29.2 Å². The first-order valence-electron chi connectivity index (χ1n) is 9.14. The quantitative estimate of drug-likeness (QED) is 0.423. The Labute approximate surface area is 158 Å². The molecule has 1 fully saturated rings. The molecule has 0 saturated carbocycles. The first kappa shape index (κ1) is 20.4. The molecular formula is C19H26N4O4. The summed E-state index contributed by atoms with van der Waals surface area (Å²) in [7, 11) is 0. The summed E-state index contributed by atoms with van der Waals surface area (Å²) in [5.41, 5.74) is 2.90. The van der Waals surface area contributed by atoms with E-state index in [2.05, 4.69) is 15.8 Å². The highest BCUT2D eigenvalue weighted by Crippen LogP contribution is 2.12. The summed E-state index contributed by atoms with van der Waals surface area (Å²) < 4.78 is 5.50. The predicted octanol–water partition coefficient (Wildman–Crippen LogP) is 1.05. The number of carbonyl (C=O) groups is 3.